The number of hydrogen-bond donors (Lipinski definition) is 0. The Morgan fingerprint density at radius 3 is 3.07 bits per heavy atom. The van der Waals surface area contributed by atoms with Crippen LogP contribution in [0.4, 0.5) is 0 Å². The first-order chi connectivity index (χ1) is 6.81. The molecule has 0 radical (unpaired) electrons. The second-order valence-corrected chi connectivity index (χ2v) is 3.33. The van der Waals surface area contributed by atoms with Gasteiger partial charge in [-0.05, 0) is 11.4 Å². The molecule has 0 atom stereocenters. The summed E-state index contributed by atoms with van der Waals surface area (Å²) in [4.78, 5) is 11.8. The van der Waals surface area contributed by atoms with Gasteiger partial charge in [-0.25, -0.2) is 4.79 Å². The number of hydrogen-bond acceptors (Lipinski definition) is 6. The number of nitrogens with zero attached hydrogens (tertiary/aromatic N) is 2. The predicted molar refractivity (Wildman–Crippen MR) is 49.0 cm³/mol. The molecule has 0 fully saturated rings. The fraction of sp³-hybridized carbons (Fsp3) is 0.125. The number of ether oxygens (including phenoxy) is 1. The Kier molecular flexibility index (Phi) is 2.28. The summed E-state index contributed by atoms with van der Waals surface area (Å²) in [5.74, 6) is -0.420. The maximum absolute atomic E-state index is 11.0. The summed E-state index contributed by atoms with van der Waals surface area (Å²) in [5, 5.41) is 9.17. The number of aromatic nitrogens is 2. The molecule has 0 bridgehead atoms. The van der Waals surface area contributed by atoms with E-state index in [0.29, 0.717) is 5.89 Å². The van der Waals surface area contributed by atoms with Crippen molar-refractivity contribution >= 4 is 17.3 Å². The van der Waals surface area contributed by atoms with E-state index in [0.717, 1.165) is 4.88 Å². The second kappa shape index (κ2) is 3.59. The van der Waals surface area contributed by atoms with Crippen LogP contribution < -0.4 is 0 Å². The summed E-state index contributed by atoms with van der Waals surface area (Å²) in [6, 6.07) is 3.70. The van der Waals surface area contributed by atoms with Crippen molar-refractivity contribution in [1.82, 2.24) is 10.2 Å². The number of esters is 1. The normalized spacial score (nSPS) is 10.1. The molecule has 0 saturated carbocycles. The SMILES string of the molecule is COC(=O)c1nnc(-c2cccs2)o1. The minimum atomic E-state index is -0.625. The van der Waals surface area contributed by atoms with E-state index in [4.69, 9.17) is 4.42 Å². The molecule has 0 unspecified atom stereocenters. The van der Waals surface area contributed by atoms with Crippen LogP contribution in [0.15, 0.2) is 21.9 Å². The monoisotopic (exact) mass is 210 g/mol. The van der Waals surface area contributed by atoms with Crippen molar-refractivity contribution in [1.29, 1.82) is 0 Å². The van der Waals surface area contributed by atoms with Gasteiger partial charge >= 0.3 is 11.9 Å². The smallest absolute Gasteiger partial charge is 0.396 e. The summed E-state index contributed by atoms with van der Waals surface area (Å²) in [6.07, 6.45) is 0. The molecule has 14 heavy (non-hydrogen) atoms. The van der Waals surface area contributed by atoms with Gasteiger partial charge in [-0.2, -0.15) is 0 Å². The third-order valence-corrected chi connectivity index (χ3v) is 2.37. The first-order valence-corrected chi connectivity index (χ1v) is 4.65. The molecule has 72 valence electrons. The number of methoxy groups -OCH3 is 1. The molecular formula is C8H6N2O3S. The van der Waals surface area contributed by atoms with Gasteiger partial charge in [0.25, 0.3) is 5.89 Å². The summed E-state index contributed by atoms with van der Waals surface area (Å²) in [7, 11) is 1.26. The maximum Gasteiger partial charge on any atom is 0.396 e. The van der Waals surface area contributed by atoms with Crippen LogP contribution in [-0.4, -0.2) is 23.3 Å². The van der Waals surface area contributed by atoms with Crippen molar-refractivity contribution < 1.29 is 13.9 Å². The quantitative estimate of drug-likeness (QED) is 0.704. The Bertz CT molecular complexity index is 435. The third kappa shape index (κ3) is 1.51. The Morgan fingerprint density at radius 2 is 2.43 bits per heavy atom. The van der Waals surface area contributed by atoms with E-state index in [1.165, 1.54) is 18.4 Å². The molecule has 0 amide bonds. The number of thiophene rings is 1. The fourth-order valence-corrected chi connectivity index (χ4v) is 1.54. The molecule has 0 aliphatic heterocycles. The average Bonchev–Trinajstić information content (AvgIpc) is 2.86. The van der Waals surface area contributed by atoms with E-state index in [9.17, 15) is 4.79 Å². The largest absolute Gasteiger partial charge is 0.462 e. The standard InChI is InChI=1S/C8H6N2O3S/c1-12-8(11)7-10-9-6(13-7)5-3-2-4-14-5/h2-4H,1H3. The van der Waals surface area contributed by atoms with Crippen molar-refractivity contribution in [3.63, 3.8) is 0 Å². The van der Waals surface area contributed by atoms with Gasteiger partial charge in [0.1, 0.15) is 0 Å². The van der Waals surface area contributed by atoms with Crippen LogP contribution in [-0.2, 0) is 4.74 Å². The van der Waals surface area contributed by atoms with Crippen LogP contribution in [0, 0.1) is 0 Å². The van der Waals surface area contributed by atoms with Crippen molar-refractivity contribution in [2.45, 2.75) is 0 Å². The zero-order valence-electron chi connectivity index (χ0n) is 7.26. The van der Waals surface area contributed by atoms with Crippen molar-refractivity contribution in [3.8, 4) is 10.8 Å². The molecule has 2 aromatic heterocycles. The zero-order chi connectivity index (χ0) is 9.97. The molecule has 0 aliphatic carbocycles. The van der Waals surface area contributed by atoms with Gasteiger partial charge in [-0.3, -0.25) is 0 Å². The Hall–Kier alpha value is -1.69. The average molecular weight is 210 g/mol. The van der Waals surface area contributed by atoms with Gasteiger partial charge in [-0.1, -0.05) is 6.07 Å². The first kappa shape index (κ1) is 8.89. The molecular weight excluding hydrogens is 204 g/mol. The highest BCUT2D eigenvalue weighted by Gasteiger charge is 2.16. The van der Waals surface area contributed by atoms with E-state index in [2.05, 4.69) is 14.9 Å². The van der Waals surface area contributed by atoms with Crippen molar-refractivity contribution in [2.24, 2.45) is 0 Å². The Labute approximate surface area is 83.3 Å². The molecule has 0 N–H and O–H groups in total. The molecule has 0 spiro atoms. The lowest BCUT2D eigenvalue weighted by Gasteiger charge is -1.89. The van der Waals surface area contributed by atoms with Gasteiger partial charge in [0.15, 0.2) is 0 Å². The first-order valence-electron chi connectivity index (χ1n) is 3.77. The number of rotatable bonds is 2. The Balaban J connectivity index is 2.31. The van der Waals surface area contributed by atoms with Crippen molar-refractivity contribution in [3.05, 3.63) is 23.4 Å². The second-order valence-electron chi connectivity index (χ2n) is 2.38. The van der Waals surface area contributed by atoms with Gasteiger partial charge < -0.3 is 9.15 Å². The summed E-state index contributed by atoms with van der Waals surface area (Å²) in [6.45, 7) is 0. The molecule has 0 aliphatic rings. The van der Waals surface area contributed by atoms with Crippen LogP contribution in [0.3, 0.4) is 0 Å². The van der Waals surface area contributed by atoms with Crippen LogP contribution in [0.2, 0.25) is 0 Å². The van der Waals surface area contributed by atoms with Gasteiger partial charge in [0.2, 0.25) is 0 Å². The summed E-state index contributed by atoms with van der Waals surface area (Å²) >= 11 is 1.46. The zero-order valence-corrected chi connectivity index (χ0v) is 8.08. The summed E-state index contributed by atoms with van der Waals surface area (Å²) < 4.78 is 9.53. The minimum Gasteiger partial charge on any atom is -0.462 e. The Morgan fingerprint density at radius 1 is 1.57 bits per heavy atom. The molecule has 2 aromatic rings. The number of carbonyl (C=O) groups is 1. The van der Waals surface area contributed by atoms with Crippen LogP contribution in [0.1, 0.15) is 10.7 Å². The number of carbonyl (C=O) groups excluding carboxylic acids is 1. The predicted octanol–water partition coefficient (Wildman–Crippen LogP) is 1.58. The van der Waals surface area contributed by atoms with E-state index in [1.807, 2.05) is 17.5 Å². The molecule has 6 heteroatoms. The molecule has 5 nitrogen and oxygen atoms in total. The van der Waals surface area contributed by atoms with Crippen LogP contribution in [0.5, 0.6) is 0 Å². The van der Waals surface area contributed by atoms with E-state index >= 15 is 0 Å². The van der Waals surface area contributed by atoms with Crippen molar-refractivity contribution in [2.75, 3.05) is 7.11 Å². The van der Waals surface area contributed by atoms with E-state index < -0.39 is 5.97 Å². The van der Waals surface area contributed by atoms with E-state index in [-0.39, 0.29) is 5.89 Å². The maximum atomic E-state index is 11.0. The van der Waals surface area contributed by atoms with Gasteiger partial charge in [0, 0.05) is 0 Å². The van der Waals surface area contributed by atoms with Gasteiger partial charge in [0.05, 0.1) is 12.0 Å². The highest BCUT2D eigenvalue weighted by atomic mass is 32.1. The fourth-order valence-electron chi connectivity index (χ4n) is 0.893. The minimum absolute atomic E-state index is 0.129. The lowest BCUT2D eigenvalue weighted by Crippen LogP contribution is -2.00. The van der Waals surface area contributed by atoms with Gasteiger partial charge in [-0.15, -0.1) is 21.5 Å². The van der Waals surface area contributed by atoms with Crippen LogP contribution in [0.25, 0.3) is 10.8 Å². The topological polar surface area (TPSA) is 65.2 Å². The molecule has 0 saturated heterocycles. The molecule has 0 aromatic carbocycles. The molecule has 2 heterocycles. The highest BCUT2D eigenvalue weighted by molar-refractivity contribution is 7.13. The lowest BCUT2D eigenvalue weighted by atomic mass is 10.5. The third-order valence-electron chi connectivity index (χ3n) is 1.52. The lowest BCUT2D eigenvalue weighted by molar-refractivity contribution is 0.0557. The van der Waals surface area contributed by atoms with Crippen LogP contribution >= 0.6 is 11.3 Å². The molecule has 2 rings (SSSR count). The summed E-state index contributed by atoms with van der Waals surface area (Å²) in [5.41, 5.74) is 0. The van der Waals surface area contributed by atoms with E-state index in [1.54, 1.807) is 0 Å². The highest BCUT2D eigenvalue weighted by Crippen LogP contribution is 2.22.